The summed E-state index contributed by atoms with van der Waals surface area (Å²) in [5.41, 5.74) is 1.70. The predicted octanol–water partition coefficient (Wildman–Crippen LogP) is 3.50. The fourth-order valence-electron chi connectivity index (χ4n) is 2.33. The molecule has 4 nitrogen and oxygen atoms in total. The Hall–Kier alpha value is -2.49. The Morgan fingerprint density at radius 2 is 1.86 bits per heavy atom. The first-order chi connectivity index (χ1) is 10.6. The van der Waals surface area contributed by atoms with E-state index in [2.05, 4.69) is 0 Å². The first-order valence-corrected chi connectivity index (χ1v) is 7.22. The number of carbonyl (C=O) groups is 1. The summed E-state index contributed by atoms with van der Waals surface area (Å²) in [4.78, 5) is 11.6. The van der Waals surface area contributed by atoms with Crippen LogP contribution in [-0.4, -0.2) is 24.8 Å². The molecule has 0 spiro atoms. The van der Waals surface area contributed by atoms with E-state index in [-0.39, 0.29) is 0 Å². The van der Waals surface area contributed by atoms with Crippen molar-refractivity contribution in [3.63, 3.8) is 0 Å². The molecule has 1 unspecified atom stereocenters. The van der Waals surface area contributed by atoms with Gasteiger partial charge in [0.2, 0.25) is 0 Å². The zero-order chi connectivity index (χ0) is 15.9. The highest BCUT2D eigenvalue weighted by molar-refractivity contribution is 5.76. The van der Waals surface area contributed by atoms with E-state index in [9.17, 15) is 9.90 Å². The van der Waals surface area contributed by atoms with Gasteiger partial charge >= 0.3 is 5.97 Å². The summed E-state index contributed by atoms with van der Waals surface area (Å²) in [6.45, 7) is 2.46. The van der Waals surface area contributed by atoms with E-state index in [0.29, 0.717) is 18.8 Å². The van der Waals surface area contributed by atoms with Crippen molar-refractivity contribution in [2.45, 2.75) is 19.3 Å². The van der Waals surface area contributed by atoms with E-state index in [1.807, 2.05) is 49.4 Å². The van der Waals surface area contributed by atoms with Crippen LogP contribution in [0.1, 0.15) is 24.0 Å². The minimum Gasteiger partial charge on any atom is -0.497 e. The maximum absolute atomic E-state index is 11.6. The first-order valence-electron chi connectivity index (χ1n) is 7.22. The van der Waals surface area contributed by atoms with E-state index in [4.69, 9.17) is 9.47 Å². The topological polar surface area (TPSA) is 55.8 Å². The van der Waals surface area contributed by atoms with Gasteiger partial charge in [-0.25, -0.2) is 0 Å². The second kappa shape index (κ2) is 7.50. The number of carboxylic acid groups (broad SMARTS) is 1. The molecule has 0 aliphatic rings. The van der Waals surface area contributed by atoms with Crippen molar-refractivity contribution < 1.29 is 19.4 Å². The summed E-state index contributed by atoms with van der Waals surface area (Å²) in [6, 6.07) is 14.7. The fraction of sp³-hybridized carbons (Fsp3) is 0.278. The Kier molecular flexibility index (Phi) is 5.42. The molecule has 4 heteroatoms. The zero-order valence-corrected chi connectivity index (χ0v) is 12.8. The Balaban J connectivity index is 2.22. The van der Waals surface area contributed by atoms with Crippen LogP contribution in [0.3, 0.4) is 0 Å². The van der Waals surface area contributed by atoms with Gasteiger partial charge in [-0.3, -0.25) is 4.79 Å². The third-order valence-corrected chi connectivity index (χ3v) is 3.47. The number of rotatable bonds is 7. The molecular weight excluding hydrogens is 280 g/mol. The van der Waals surface area contributed by atoms with Gasteiger partial charge in [-0.15, -0.1) is 0 Å². The van der Waals surface area contributed by atoms with Gasteiger partial charge in [0.25, 0.3) is 0 Å². The molecule has 0 radical (unpaired) electrons. The summed E-state index contributed by atoms with van der Waals surface area (Å²) >= 11 is 0. The van der Waals surface area contributed by atoms with E-state index >= 15 is 0 Å². The highest BCUT2D eigenvalue weighted by Crippen LogP contribution is 2.25. The maximum Gasteiger partial charge on any atom is 0.311 e. The van der Waals surface area contributed by atoms with Crippen molar-refractivity contribution in [3.8, 4) is 11.5 Å². The minimum atomic E-state index is -0.843. The Bertz CT molecular complexity index is 619. The molecule has 2 rings (SSSR count). The Labute approximate surface area is 130 Å². The number of methoxy groups -OCH3 is 1. The molecule has 2 aromatic rings. The maximum atomic E-state index is 11.6. The molecule has 0 aliphatic carbocycles. The van der Waals surface area contributed by atoms with E-state index in [0.717, 1.165) is 16.9 Å². The molecule has 0 aromatic heterocycles. The molecule has 1 N–H and O–H groups in total. The summed E-state index contributed by atoms with van der Waals surface area (Å²) in [7, 11) is 1.61. The van der Waals surface area contributed by atoms with Crippen LogP contribution in [-0.2, 0) is 11.2 Å². The predicted molar refractivity (Wildman–Crippen MR) is 84.7 cm³/mol. The normalized spacial score (nSPS) is 11.7. The van der Waals surface area contributed by atoms with E-state index < -0.39 is 11.9 Å². The largest absolute Gasteiger partial charge is 0.497 e. The van der Waals surface area contributed by atoms with E-state index in [1.54, 1.807) is 13.2 Å². The fourth-order valence-corrected chi connectivity index (χ4v) is 2.33. The lowest BCUT2D eigenvalue weighted by atomic mass is 9.92. The van der Waals surface area contributed by atoms with Crippen LogP contribution in [0.2, 0.25) is 0 Å². The second-order valence-corrected chi connectivity index (χ2v) is 4.95. The molecule has 116 valence electrons. The molecular formula is C18H20O4. The van der Waals surface area contributed by atoms with Crippen molar-refractivity contribution in [3.05, 3.63) is 59.7 Å². The smallest absolute Gasteiger partial charge is 0.311 e. The molecule has 0 bridgehead atoms. The van der Waals surface area contributed by atoms with Crippen LogP contribution in [0.15, 0.2) is 48.5 Å². The molecule has 1 atom stereocenters. The molecule has 22 heavy (non-hydrogen) atoms. The van der Waals surface area contributed by atoms with Crippen molar-refractivity contribution in [1.29, 1.82) is 0 Å². The third kappa shape index (κ3) is 4.01. The molecule has 0 heterocycles. The van der Waals surface area contributed by atoms with Gasteiger partial charge in [0, 0.05) is 0 Å². The number of benzene rings is 2. The van der Waals surface area contributed by atoms with Crippen LogP contribution in [0.5, 0.6) is 11.5 Å². The van der Waals surface area contributed by atoms with Crippen LogP contribution in [0.25, 0.3) is 0 Å². The molecule has 0 amide bonds. The van der Waals surface area contributed by atoms with Gasteiger partial charge in [0.05, 0.1) is 19.6 Å². The van der Waals surface area contributed by atoms with Crippen molar-refractivity contribution >= 4 is 5.97 Å². The number of hydrogen-bond donors (Lipinski definition) is 1. The quantitative estimate of drug-likeness (QED) is 0.850. The van der Waals surface area contributed by atoms with Crippen LogP contribution in [0.4, 0.5) is 0 Å². The van der Waals surface area contributed by atoms with Gasteiger partial charge in [-0.05, 0) is 48.7 Å². The standard InChI is InChI=1S/C18H20O4/c1-3-22-16-6-4-5-14(12-16)17(18(19)20)11-13-7-9-15(21-2)10-8-13/h4-10,12,17H,3,11H2,1-2H3,(H,19,20). The summed E-state index contributed by atoms with van der Waals surface area (Å²) < 4.78 is 10.6. The lowest BCUT2D eigenvalue weighted by Crippen LogP contribution is -2.14. The zero-order valence-electron chi connectivity index (χ0n) is 12.8. The highest BCUT2D eigenvalue weighted by Gasteiger charge is 2.21. The molecule has 0 aliphatic heterocycles. The molecule has 0 saturated carbocycles. The van der Waals surface area contributed by atoms with Crippen molar-refractivity contribution in [2.24, 2.45) is 0 Å². The number of hydrogen-bond acceptors (Lipinski definition) is 3. The summed E-state index contributed by atoms with van der Waals surface area (Å²) in [5.74, 6) is 0.00761. The first kappa shape index (κ1) is 15.9. The second-order valence-electron chi connectivity index (χ2n) is 4.95. The molecule has 0 fully saturated rings. The van der Waals surface area contributed by atoms with Gasteiger partial charge in [-0.1, -0.05) is 24.3 Å². The summed E-state index contributed by atoms with van der Waals surface area (Å²) in [6.07, 6.45) is 0.426. The number of aliphatic carboxylic acids is 1. The van der Waals surface area contributed by atoms with Crippen LogP contribution < -0.4 is 9.47 Å². The van der Waals surface area contributed by atoms with Gasteiger partial charge in [0.1, 0.15) is 11.5 Å². The third-order valence-electron chi connectivity index (χ3n) is 3.47. The number of ether oxygens (including phenoxy) is 2. The van der Waals surface area contributed by atoms with Gasteiger partial charge in [0.15, 0.2) is 0 Å². The monoisotopic (exact) mass is 300 g/mol. The average Bonchev–Trinajstić information content (AvgIpc) is 2.53. The van der Waals surface area contributed by atoms with Crippen LogP contribution in [0, 0.1) is 0 Å². The van der Waals surface area contributed by atoms with Crippen LogP contribution >= 0.6 is 0 Å². The van der Waals surface area contributed by atoms with Gasteiger partial charge in [-0.2, -0.15) is 0 Å². The molecule has 0 saturated heterocycles. The summed E-state index contributed by atoms with van der Waals surface area (Å²) in [5, 5.41) is 9.54. The SMILES string of the molecule is CCOc1cccc(C(Cc2ccc(OC)cc2)C(=O)O)c1. The number of carboxylic acids is 1. The highest BCUT2D eigenvalue weighted by atomic mass is 16.5. The lowest BCUT2D eigenvalue weighted by Gasteiger charge is -2.14. The average molecular weight is 300 g/mol. The van der Waals surface area contributed by atoms with Crippen molar-refractivity contribution in [1.82, 2.24) is 0 Å². The lowest BCUT2D eigenvalue weighted by molar-refractivity contribution is -0.138. The Morgan fingerprint density at radius 3 is 2.45 bits per heavy atom. The van der Waals surface area contributed by atoms with Crippen molar-refractivity contribution in [2.75, 3.05) is 13.7 Å². The minimum absolute atomic E-state index is 0.426. The van der Waals surface area contributed by atoms with E-state index in [1.165, 1.54) is 0 Å². The van der Waals surface area contributed by atoms with Gasteiger partial charge < -0.3 is 14.6 Å². The Morgan fingerprint density at radius 1 is 1.14 bits per heavy atom. The molecule has 2 aromatic carbocycles.